The van der Waals surface area contributed by atoms with Crippen LogP contribution in [0.3, 0.4) is 0 Å². The topological polar surface area (TPSA) is 92.1 Å². The Hall–Kier alpha value is -3.93. The Kier molecular flexibility index (Phi) is 4.60. The summed E-state index contributed by atoms with van der Waals surface area (Å²) in [4.78, 5) is 18.6. The Morgan fingerprint density at radius 3 is 2.07 bits per heavy atom. The number of phenols is 1. The summed E-state index contributed by atoms with van der Waals surface area (Å²) in [5, 5.41) is 21.5. The molecule has 0 spiro atoms. The Morgan fingerprint density at radius 1 is 0.897 bits per heavy atom. The Bertz CT molecular complexity index is 1130. The van der Waals surface area contributed by atoms with Gasteiger partial charge >= 0.3 is 0 Å². The number of aromatic nitrogens is 2. The summed E-state index contributed by atoms with van der Waals surface area (Å²) in [5.74, 6) is 0.299. The van der Waals surface area contributed by atoms with Gasteiger partial charge in [0.1, 0.15) is 11.6 Å². The van der Waals surface area contributed by atoms with E-state index in [1.165, 1.54) is 18.2 Å². The number of rotatable bonds is 4. The van der Waals surface area contributed by atoms with Crippen molar-refractivity contribution in [2.75, 3.05) is 0 Å². The van der Waals surface area contributed by atoms with Crippen molar-refractivity contribution in [1.82, 2.24) is 9.97 Å². The van der Waals surface area contributed by atoms with E-state index in [4.69, 9.17) is 4.98 Å². The molecular weight excluding hydrogens is 366 g/mol. The van der Waals surface area contributed by atoms with Gasteiger partial charge in [-0.15, -0.1) is 0 Å². The summed E-state index contributed by atoms with van der Waals surface area (Å²) in [5.41, 5.74) is 5.81. The molecule has 4 aromatic rings. The van der Waals surface area contributed by atoms with Gasteiger partial charge in [0.25, 0.3) is 5.69 Å². The fourth-order valence-corrected chi connectivity index (χ4v) is 3.18. The van der Waals surface area contributed by atoms with E-state index in [1.807, 2.05) is 62.4 Å². The number of non-ortho nitro benzene ring substituents is 1. The van der Waals surface area contributed by atoms with Crippen LogP contribution >= 0.6 is 0 Å². The van der Waals surface area contributed by atoms with E-state index in [0.29, 0.717) is 5.82 Å². The molecule has 0 aliphatic rings. The number of aromatic amines is 1. The van der Waals surface area contributed by atoms with E-state index in [-0.39, 0.29) is 17.0 Å². The molecule has 29 heavy (non-hydrogen) atoms. The molecule has 0 saturated heterocycles. The Balaban J connectivity index is 1.92. The minimum atomic E-state index is -0.492. The number of imidazole rings is 1. The molecule has 0 atom stereocenters. The molecule has 0 amide bonds. The van der Waals surface area contributed by atoms with Crippen LogP contribution in [0.15, 0.2) is 66.7 Å². The molecule has 4 rings (SSSR count). The standard InChI is InChI=1S/C23H19N3O3/c1-14-3-7-16(8-4-14)21-22(17-9-5-15(2)6-10-17)25-23(24-21)19-13-18(26(28)29)11-12-20(19)27/h3-13,27H,1-2H3,(H,24,25). The number of nitrogens with zero attached hydrogens (tertiary/aromatic N) is 2. The van der Waals surface area contributed by atoms with Gasteiger partial charge in [-0.3, -0.25) is 10.1 Å². The molecule has 1 heterocycles. The number of nitro groups is 1. The molecule has 3 aromatic carbocycles. The predicted octanol–water partition coefficient (Wildman–Crippen LogP) is 5.64. The van der Waals surface area contributed by atoms with Crippen LogP contribution in [-0.4, -0.2) is 20.0 Å². The predicted molar refractivity (Wildman–Crippen MR) is 113 cm³/mol. The highest BCUT2D eigenvalue weighted by molar-refractivity contribution is 5.82. The maximum atomic E-state index is 11.2. The molecule has 0 unspecified atom stereocenters. The lowest BCUT2D eigenvalue weighted by Gasteiger charge is -2.04. The quantitative estimate of drug-likeness (QED) is 0.351. The first-order valence-corrected chi connectivity index (χ1v) is 9.14. The van der Waals surface area contributed by atoms with Crippen LogP contribution in [0.5, 0.6) is 5.75 Å². The number of phenolic OH excluding ortho intramolecular Hbond substituents is 1. The number of benzene rings is 3. The summed E-state index contributed by atoms with van der Waals surface area (Å²) in [6.45, 7) is 4.03. The second-order valence-electron chi connectivity index (χ2n) is 7.00. The molecule has 0 fully saturated rings. The van der Waals surface area contributed by atoms with Gasteiger partial charge in [0, 0.05) is 23.3 Å². The highest BCUT2D eigenvalue weighted by Crippen LogP contribution is 2.37. The maximum absolute atomic E-state index is 11.2. The van der Waals surface area contributed by atoms with Gasteiger partial charge in [-0.1, -0.05) is 59.7 Å². The fourth-order valence-electron chi connectivity index (χ4n) is 3.18. The molecule has 0 aliphatic carbocycles. The van der Waals surface area contributed by atoms with Crippen molar-refractivity contribution >= 4 is 5.69 Å². The lowest BCUT2D eigenvalue weighted by atomic mass is 10.0. The minimum Gasteiger partial charge on any atom is -0.507 e. The molecule has 2 N–H and O–H groups in total. The van der Waals surface area contributed by atoms with Crippen LogP contribution in [-0.2, 0) is 0 Å². The summed E-state index contributed by atoms with van der Waals surface area (Å²) in [6.07, 6.45) is 0. The van der Waals surface area contributed by atoms with Gasteiger partial charge in [-0.05, 0) is 19.9 Å². The summed E-state index contributed by atoms with van der Waals surface area (Å²) in [7, 11) is 0. The number of nitrogens with one attached hydrogen (secondary N) is 1. The van der Waals surface area contributed by atoms with Crippen molar-refractivity contribution in [3.8, 4) is 39.7 Å². The van der Waals surface area contributed by atoms with Gasteiger partial charge in [0.05, 0.1) is 21.9 Å². The number of hydrogen-bond acceptors (Lipinski definition) is 4. The summed E-state index contributed by atoms with van der Waals surface area (Å²) in [6, 6.07) is 19.9. The van der Waals surface area contributed by atoms with Gasteiger partial charge in [-0.2, -0.15) is 0 Å². The van der Waals surface area contributed by atoms with Crippen LogP contribution < -0.4 is 0 Å². The van der Waals surface area contributed by atoms with Crippen molar-refractivity contribution < 1.29 is 10.0 Å². The van der Waals surface area contributed by atoms with E-state index in [2.05, 4.69) is 4.98 Å². The zero-order valence-electron chi connectivity index (χ0n) is 16.0. The van der Waals surface area contributed by atoms with Crippen LogP contribution in [0.25, 0.3) is 33.9 Å². The normalized spacial score (nSPS) is 10.8. The average Bonchev–Trinajstić information content (AvgIpc) is 3.14. The Morgan fingerprint density at radius 2 is 1.48 bits per heavy atom. The third-order valence-electron chi connectivity index (χ3n) is 4.82. The first-order valence-electron chi connectivity index (χ1n) is 9.14. The van der Waals surface area contributed by atoms with Crippen molar-refractivity contribution in [2.24, 2.45) is 0 Å². The molecule has 0 aliphatic heterocycles. The van der Waals surface area contributed by atoms with Crippen LogP contribution in [0, 0.1) is 24.0 Å². The largest absolute Gasteiger partial charge is 0.507 e. The Labute approximate surface area is 167 Å². The monoisotopic (exact) mass is 385 g/mol. The zero-order chi connectivity index (χ0) is 20.5. The molecule has 0 radical (unpaired) electrons. The highest BCUT2D eigenvalue weighted by atomic mass is 16.6. The lowest BCUT2D eigenvalue weighted by molar-refractivity contribution is -0.384. The third kappa shape index (κ3) is 3.60. The molecular formula is C23H19N3O3. The fraction of sp³-hybridized carbons (Fsp3) is 0.0870. The minimum absolute atomic E-state index is 0.0738. The highest BCUT2D eigenvalue weighted by Gasteiger charge is 2.19. The number of hydrogen-bond donors (Lipinski definition) is 2. The number of aromatic hydroxyl groups is 1. The van der Waals surface area contributed by atoms with E-state index < -0.39 is 4.92 Å². The lowest BCUT2D eigenvalue weighted by Crippen LogP contribution is -1.90. The molecule has 6 heteroatoms. The number of H-pyrrole nitrogens is 1. The molecule has 1 aromatic heterocycles. The maximum Gasteiger partial charge on any atom is 0.270 e. The molecule has 6 nitrogen and oxygen atoms in total. The van der Waals surface area contributed by atoms with Crippen molar-refractivity contribution in [3.63, 3.8) is 0 Å². The van der Waals surface area contributed by atoms with Gasteiger partial charge in [-0.25, -0.2) is 4.98 Å². The molecule has 0 bridgehead atoms. The first-order chi connectivity index (χ1) is 13.9. The zero-order valence-corrected chi connectivity index (χ0v) is 16.0. The molecule has 144 valence electrons. The van der Waals surface area contributed by atoms with Crippen LogP contribution in [0.2, 0.25) is 0 Å². The number of aryl methyl sites for hydroxylation is 2. The van der Waals surface area contributed by atoms with E-state index in [0.717, 1.165) is 33.6 Å². The van der Waals surface area contributed by atoms with Crippen LogP contribution in [0.1, 0.15) is 11.1 Å². The van der Waals surface area contributed by atoms with Gasteiger partial charge < -0.3 is 10.1 Å². The number of nitro benzene ring substituents is 1. The smallest absolute Gasteiger partial charge is 0.270 e. The van der Waals surface area contributed by atoms with Crippen molar-refractivity contribution in [3.05, 3.63) is 88.0 Å². The SMILES string of the molecule is Cc1ccc(-c2nc(-c3cc([N+](=O)[O-])ccc3O)[nH]c2-c2ccc(C)cc2)cc1. The third-order valence-corrected chi connectivity index (χ3v) is 4.82. The van der Waals surface area contributed by atoms with Crippen molar-refractivity contribution in [2.45, 2.75) is 13.8 Å². The van der Waals surface area contributed by atoms with Gasteiger partial charge in [0.15, 0.2) is 0 Å². The second-order valence-corrected chi connectivity index (χ2v) is 7.00. The van der Waals surface area contributed by atoms with E-state index in [1.54, 1.807) is 0 Å². The van der Waals surface area contributed by atoms with E-state index in [9.17, 15) is 15.2 Å². The van der Waals surface area contributed by atoms with Crippen LogP contribution in [0.4, 0.5) is 5.69 Å². The molecule has 0 saturated carbocycles. The summed E-state index contributed by atoms with van der Waals surface area (Å²) < 4.78 is 0. The average molecular weight is 385 g/mol. The van der Waals surface area contributed by atoms with E-state index >= 15 is 0 Å². The first kappa shape index (κ1) is 18.4. The second kappa shape index (κ2) is 7.24. The van der Waals surface area contributed by atoms with Gasteiger partial charge in [0.2, 0.25) is 0 Å². The summed E-state index contributed by atoms with van der Waals surface area (Å²) >= 11 is 0. The van der Waals surface area contributed by atoms with Crippen molar-refractivity contribution in [1.29, 1.82) is 0 Å².